The van der Waals surface area contributed by atoms with Gasteiger partial charge in [0.2, 0.25) is 11.8 Å². The van der Waals surface area contributed by atoms with Crippen molar-refractivity contribution in [2.24, 2.45) is 5.92 Å². The summed E-state index contributed by atoms with van der Waals surface area (Å²) in [4.78, 5) is 29.0. The van der Waals surface area contributed by atoms with E-state index < -0.39 is 11.5 Å². The number of benzene rings is 1. The number of hydrogen-bond donors (Lipinski definition) is 0. The van der Waals surface area contributed by atoms with Crippen LogP contribution >= 0.6 is 0 Å². The van der Waals surface area contributed by atoms with Crippen LogP contribution in [0.4, 0.5) is 0 Å². The first kappa shape index (κ1) is 17.0. The highest BCUT2D eigenvalue weighted by Crippen LogP contribution is 2.30. The molecule has 5 heteroatoms. The van der Waals surface area contributed by atoms with Gasteiger partial charge in [-0.05, 0) is 25.3 Å². The Hall–Kier alpha value is -1.88. The molecular weight excluding hydrogens is 304 g/mol. The Bertz CT molecular complexity index is 604. The molecule has 2 fully saturated rings. The molecule has 0 spiro atoms. The lowest BCUT2D eigenvalue weighted by molar-refractivity contribution is -0.158. The second kappa shape index (κ2) is 6.93. The van der Waals surface area contributed by atoms with E-state index in [-0.39, 0.29) is 11.8 Å². The van der Waals surface area contributed by atoms with E-state index in [0.717, 1.165) is 24.9 Å². The number of morpholine rings is 1. The fraction of sp³-hybridized carbons (Fsp3) is 0.579. The van der Waals surface area contributed by atoms with E-state index in [9.17, 15) is 9.59 Å². The Labute approximate surface area is 143 Å². The predicted molar refractivity (Wildman–Crippen MR) is 91.3 cm³/mol. The summed E-state index contributed by atoms with van der Waals surface area (Å²) in [5.41, 5.74) is 0.543. The van der Waals surface area contributed by atoms with E-state index in [4.69, 9.17) is 4.74 Å². The minimum Gasteiger partial charge on any atom is -0.367 e. The Balaban J connectivity index is 1.76. The highest BCUT2D eigenvalue weighted by Gasteiger charge is 2.40. The quantitative estimate of drug-likeness (QED) is 0.780. The molecule has 1 aromatic rings. The Morgan fingerprint density at radius 3 is 2.71 bits per heavy atom. The van der Waals surface area contributed by atoms with E-state index in [1.807, 2.05) is 42.2 Å². The van der Waals surface area contributed by atoms with Crippen molar-refractivity contribution in [3.63, 3.8) is 0 Å². The molecule has 2 aliphatic rings. The third-order valence-electron chi connectivity index (χ3n) is 5.18. The molecule has 2 aliphatic heterocycles. The van der Waals surface area contributed by atoms with E-state index in [1.165, 1.54) is 0 Å². The van der Waals surface area contributed by atoms with Crippen LogP contribution in [0, 0.1) is 5.92 Å². The second-order valence-electron chi connectivity index (χ2n) is 7.01. The summed E-state index contributed by atoms with van der Waals surface area (Å²) in [6.07, 6.45) is 2.55. The van der Waals surface area contributed by atoms with Crippen LogP contribution in [0.3, 0.4) is 0 Å². The van der Waals surface area contributed by atoms with Crippen LogP contribution < -0.4 is 0 Å². The number of ether oxygens (including phenoxy) is 1. The summed E-state index contributed by atoms with van der Waals surface area (Å²) in [5, 5.41) is 0. The highest BCUT2D eigenvalue weighted by molar-refractivity contribution is 6.00. The monoisotopic (exact) mass is 330 g/mol. The van der Waals surface area contributed by atoms with Gasteiger partial charge >= 0.3 is 0 Å². The van der Waals surface area contributed by atoms with E-state index >= 15 is 0 Å². The van der Waals surface area contributed by atoms with Gasteiger partial charge in [0.15, 0.2) is 0 Å². The zero-order chi connectivity index (χ0) is 17.2. The van der Waals surface area contributed by atoms with E-state index in [2.05, 4.69) is 0 Å². The Morgan fingerprint density at radius 2 is 1.96 bits per heavy atom. The van der Waals surface area contributed by atoms with Gasteiger partial charge in [-0.1, -0.05) is 36.8 Å². The maximum absolute atomic E-state index is 13.0. The van der Waals surface area contributed by atoms with E-state index in [1.54, 1.807) is 11.9 Å². The van der Waals surface area contributed by atoms with Gasteiger partial charge in [-0.2, -0.15) is 0 Å². The lowest BCUT2D eigenvalue weighted by Crippen LogP contribution is -2.53. The second-order valence-corrected chi connectivity index (χ2v) is 7.01. The molecule has 24 heavy (non-hydrogen) atoms. The molecule has 0 bridgehead atoms. The van der Waals surface area contributed by atoms with Crippen molar-refractivity contribution in [2.45, 2.75) is 31.8 Å². The number of carbonyl (C=O) groups excluding carboxylic acids is 2. The van der Waals surface area contributed by atoms with Crippen LogP contribution in [0.1, 0.15) is 31.7 Å². The van der Waals surface area contributed by atoms with Crippen LogP contribution in [0.2, 0.25) is 0 Å². The standard InChI is InChI=1S/C19H26N2O3/c1-19(15-8-4-3-5-9-15)14-21(12-13-24-19)18(23)16-10-6-7-11-20(2)17(16)22/h3-5,8-9,16H,6-7,10-14H2,1-2H3/t16-,19+/m0/s1. The van der Waals surface area contributed by atoms with E-state index in [0.29, 0.717) is 26.1 Å². The molecule has 2 amide bonds. The molecule has 0 unspecified atom stereocenters. The van der Waals surface area contributed by atoms with Gasteiger partial charge in [0.05, 0.1) is 13.2 Å². The van der Waals surface area contributed by atoms with Crippen LogP contribution in [-0.2, 0) is 19.9 Å². The van der Waals surface area contributed by atoms with Crippen LogP contribution in [-0.4, -0.2) is 54.9 Å². The maximum atomic E-state index is 13.0. The number of hydrogen-bond acceptors (Lipinski definition) is 3. The van der Waals surface area contributed by atoms with Gasteiger partial charge in [-0.25, -0.2) is 0 Å². The lowest BCUT2D eigenvalue weighted by atomic mass is 9.92. The van der Waals surface area contributed by atoms with Crippen molar-refractivity contribution in [2.75, 3.05) is 33.3 Å². The molecule has 0 N–H and O–H groups in total. The number of likely N-dealkylation sites (tertiary alicyclic amines) is 1. The Kier molecular flexibility index (Phi) is 4.90. The largest absolute Gasteiger partial charge is 0.367 e. The lowest BCUT2D eigenvalue weighted by Gasteiger charge is -2.42. The average Bonchev–Trinajstić information content (AvgIpc) is 2.77. The maximum Gasteiger partial charge on any atom is 0.235 e. The fourth-order valence-electron chi connectivity index (χ4n) is 3.67. The minimum atomic E-state index is -0.532. The van der Waals surface area contributed by atoms with Crippen molar-refractivity contribution in [1.29, 1.82) is 0 Å². The predicted octanol–water partition coefficient (Wildman–Crippen LogP) is 2.02. The van der Waals surface area contributed by atoms with Gasteiger partial charge in [0.1, 0.15) is 11.5 Å². The van der Waals surface area contributed by atoms with Gasteiger partial charge in [0, 0.05) is 20.1 Å². The van der Waals surface area contributed by atoms with Crippen molar-refractivity contribution >= 4 is 11.8 Å². The summed E-state index contributed by atoms with van der Waals surface area (Å²) in [5.74, 6) is -0.611. The molecule has 2 heterocycles. The van der Waals surface area contributed by atoms with Crippen LogP contribution in [0.25, 0.3) is 0 Å². The molecule has 0 aromatic heterocycles. The fourth-order valence-corrected chi connectivity index (χ4v) is 3.67. The molecule has 0 aliphatic carbocycles. The molecule has 2 saturated heterocycles. The first-order valence-electron chi connectivity index (χ1n) is 8.74. The van der Waals surface area contributed by atoms with Gasteiger partial charge in [0.25, 0.3) is 0 Å². The minimum absolute atomic E-state index is 0.0367. The van der Waals surface area contributed by atoms with Crippen LogP contribution in [0.5, 0.6) is 0 Å². The third kappa shape index (κ3) is 3.31. The molecule has 3 rings (SSSR count). The average molecular weight is 330 g/mol. The van der Waals surface area contributed by atoms with Crippen molar-refractivity contribution in [3.8, 4) is 0 Å². The molecule has 0 saturated carbocycles. The number of nitrogens with zero attached hydrogens (tertiary/aromatic N) is 2. The molecule has 2 atom stereocenters. The van der Waals surface area contributed by atoms with Gasteiger partial charge in [-0.3, -0.25) is 9.59 Å². The highest BCUT2D eigenvalue weighted by atomic mass is 16.5. The first-order chi connectivity index (χ1) is 11.5. The van der Waals surface area contributed by atoms with Crippen LogP contribution in [0.15, 0.2) is 30.3 Å². The molecular formula is C19H26N2O3. The summed E-state index contributed by atoms with van der Waals surface area (Å²) in [6, 6.07) is 9.98. The van der Waals surface area contributed by atoms with Crippen molar-refractivity contribution in [3.05, 3.63) is 35.9 Å². The molecule has 0 radical (unpaired) electrons. The first-order valence-corrected chi connectivity index (χ1v) is 8.74. The zero-order valence-electron chi connectivity index (χ0n) is 14.5. The van der Waals surface area contributed by atoms with Gasteiger partial charge < -0.3 is 14.5 Å². The number of amides is 2. The molecule has 130 valence electrons. The number of carbonyl (C=O) groups is 2. The third-order valence-corrected chi connectivity index (χ3v) is 5.18. The normalized spacial score (nSPS) is 28.6. The SMILES string of the molecule is CN1CCCC[C@H](C(=O)N2CCO[C@@](C)(c3ccccc3)C2)C1=O. The summed E-state index contributed by atoms with van der Waals surface area (Å²) in [7, 11) is 1.79. The van der Waals surface area contributed by atoms with Crippen molar-refractivity contribution in [1.82, 2.24) is 9.80 Å². The van der Waals surface area contributed by atoms with Gasteiger partial charge in [-0.15, -0.1) is 0 Å². The molecule has 5 nitrogen and oxygen atoms in total. The smallest absolute Gasteiger partial charge is 0.235 e. The summed E-state index contributed by atoms with van der Waals surface area (Å²) in [6.45, 7) is 4.29. The van der Waals surface area contributed by atoms with Crippen molar-refractivity contribution < 1.29 is 14.3 Å². The molecule has 1 aromatic carbocycles. The Morgan fingerprint density at radius 1 is 1.21 bits per heavy atom. The summed E-state index contributed by atoms with van der Waals surface area (Å²) >= 11 is 0. The topological polar surface area (TPSA) is 49.9 Å². The number of rotatable bonds is 2. The summed E-state index contributed by atoms with van der Waals surface area (Å²) < 4.78 is 6.00. The zero-order valence-corrected chi connectivity index (χ0v) is 14.5.